The Morgan fingerprint density at radius 1 is 1.07 bits per heavy atom. The molecule has 2 N–H and O–H groups in total. The molecule has 0 radical (unpaired) electrons. The Bertz CT molecular complexity index is 898. The van der Waals surface area contributed by atoms with Crippen LogP contribution in [0.25, 0.3) is 0 Å². The molecule has 0 aromatic heterocycles. The molecular weight excluding hydrogens is 362 g/mol. The Balaban J connectivity index is 1.67. The van der Waals surface area contributed by atoms with Gasteiger partial charge in [-0.1, -0.05) is 12.1 Å². The second-order valence-corrected chi connectivity index (χ2v) is 7.11. The standard InChI is InChI=1S/C20H21N3O3S/c1-13-12-14(9-10-16(13)23-11-5-8-18(23)24)21-19(25)20(26)22-15-6-3-4-7-17(15)27-2/h3-4,6-7,9-10,12H,5,8,11H2,1-2H3,(H,21,25)(H,22,26). The summed E-state index contributed by atoms with van der Waals surface area (Å²) in [6.45, 7) is 2.59. The van der Waals surface area contributed by atoms with Crippen molar-refractivity contribution in [2.45, 2.75) is 24.7 Å². The lowest BCUT2D eigenvalue weighted by atomic mass is 10.1. The highest BCUT2D eigenvalue weighted by Crippen LogP contribution is 2.28. The fraction of sp³-hybridized carbons (Fsp3) is 0.250. The molecule has 1 saturated heterocycles. The third kappa shape index (κ3) is 4.31. The summed E-state index contributed by atoms with van der Waals surface area (Å²) in [7, 11) is 0. The van der Waals surface area contributed by atoms with E-state index in [9.17, 15) is 14.4 Å². The van der Waals surface area contributed by atoms with E-state index in [1.54, 1.807) is 35.2 Å². The van der Waals surface area contributed by atoms with Gasteiger partial charge in [-0.15, -0.1) is 11.8 Å². The monoisotopic (exact) mass is 383 g/mol. The largest absolute Gasteiger partial charge is 0.318 e. The van der Waals surface area contributed by atoms with Crippen LogP contribution in [0.4, 0.5) is 17.1 Å². The van der Waals surface area contributed by atoms with Crippen LogP contribution in [0, 0.1) is 6.92 Å². The molecule has 2 aromatic rings. The molecular formula is C20H21N3O3S. The van der Waals surface area contributed by atoms with Crippen molar-refractivity contribution >= 4 is 46.5 Å². The van der Waals surface area contributed by atoms with Crippen LogP contribution in [0.5, 0.6) is 0 Å². The van der Waals surface area contributed by atoms with Crippen molar-refractivity contribution < 1.29 is 14.4 Å². The van der Waals surface area contributed by atoms with Gasteiger partial charge in [0.1, 0.15) is 0 Å². The third-order valence-electron chi connectivity index (χ3n) is 4.38. The number of anilines is 3. The van der Waals surface area contributed by atoms with Crippen LogP contribution in [0.2, 0.25) is 0 Å². The van der Waals surface area contributed by atoms with E-state index >= 15 is 0 Å². The van der Waals surface area contributed by atoms with Crippen LogP contribution < -0.4 is 15.5 Å². The maximum atomic E-state index is 12.2. The number of thioether (sulfide) groups is 1. The zero-order valence-corrected chi connectivity index (χ0v) is 16.1. The molecule has 0 bridgehead atoms. The smallest absolute Gasteiger partial charge is 0.314 e. The molecule has 0 spiro atoms. The SMILES string of the molecule is CSc1ccccc1NC(=O)C(=O)Nc1ccc(N2CCCC2=O)c(C)c1. The summed E-state index contributed by atoms with van der Waals surface area (Å²) in [5, 5.41) is 5.24. The van der Waals surface area contributed by atoms with Crippen LogP contribution in [-0.2, 0) is 14.4 Å². The minimum Gasteiger partial charge on any atom is -0.318 e. The molecule has 1 aliphatic rings. The number of carbonyl (C=O) groups excluding carboxylic acids is 3. The van der Waals surface area contributed by atoms with Gasteiger partial charge in [-0.25, -0.2) is 0 Å². The maximum absolute atomic E-state index is 12.2. The molecule has 0 saturated carbocycles. The molecule has 3 amide bonds. The lowest BCUT2D eigenvalue weighted by Crippen LogP contribution is -2.29. The first kappa shape index (κ1) is 19.0. The molecule has 1 aliphatic heterocycles. The summed E-state index contributed by atoms with van der Waals surface area (Å²) in [5.41, 5.74) is 2.83. The molecule has 7 heteroatoms. The van der Waals surface area contributed by atoms with Crippen LogP contribution in [0.15, 0.2) is 47.4 Å². The van der Waals surface area contributed by atoms with E-state index in [1.165, 1.54) is 11.8 Å². The number of nitrogens with zero attached hydrogens (tertiary/aromatic N) is 1. The topological polar surface area (TPSA) is 78.5 Å². The summed E-state index contributed by atoms with van der Waals surface area (Å²) in [6.07, 6.45) is 3.32. The Morgan fingerprint density at radius 3 is 2.48 bits per heavy atom. The molecule has 3 rings (SSSR count). The lowest BCUT2D eigenvalue weighted by Gasteiger charge is -2.19. The van der Waals surface area contributed by atoms with Crippen molar-refractivity contribution in [1.29, 1.82) is 0 Å². The van der Waals surface area contributed by atoms with Gasteiger partial charge >= 0.3 is 11.8 Å². The van der Waals surface area contributed by atoms with Crippen LogP contribution in [-0.4, -0.2) is 30.5 Å². The van der Waals surface area contributed by atoms with Crippen LogP contribution in [0.3, 0.4) is 0 Å². The van der Waals surface area contributed by atoms with E-state index in [2.05, 4.69) is 10.6 Å². The Hall–Kier alpha value is -2.80. The van der Waals surface area contributed by atoms with E-state index < -0.39 is 11.8 Å². The fourth-order valence-corrected chi connectivity index (χ4v) is 3.61. The number of carbonyl (C=O) groups is 3. The fourth-order valence-electron chi connectivity index (χ4n) is 3.05. The number of hydrogen-bond acceptors (Lipinski definition) is 4. The third-order valence-corrected chi connectivity index (χ3v) is 5.18. The van der Waals surface area contributed by atoms with Crippen molar-refractivity contribution in [3.63, 3.8) is 0 Å². The van der Waals surface area contributed by atoms with Crippen molar-refractivity contribution in [3.8, 4) is 0 Å². The van der Waals surface area contributed by atoms with Gasteiger partial charge in [-0.3, -0.25) is 14.4 Å². The number of nitrogens with one attached hydrogen (secondary N) is 2. The van der Waals surface area contributed by atoms with Gasteiger partial charge in [-0.05, 0) is 55.5 Å². The number of benzene rings is 2. The highest BCUT2D eigenvalue weighted by Gasteiger charge is 2.23. The molecule has 0 aliphatic carbocycles. The minimum absolute atomic E-state index is 0.113. The number of rotatable bonds is 4. The van der Waals surface area contributed by atoms with Gasteiger partial charge in [0, 0.05) is 29.2 Å². The summed E-state index contributed by atoms with van der Waals surface area (Å²) in [6, 6.07) is 12.6. The van der Waals surface area contributed by atoms with E-state index in [4.69, 9.17) is 0 Å². The highest BCUT2D eigenvalue weighted by atomic mass is 32.2. The van der Waals surface area contributed by atoms with Crippen LogP contribution in [0.1, 0.15) is 18.4 Å². The van der Waals surface area contributed by atoms with Gasteiger partial charge in [-0.2, -0.15) is 0 Å². The van der Waals surface area contributed by atoms with Crippen LogP contribution >= 0.6 is 11.8 Å². The first-order valence-electron chi connectivity index (χ1n) is 8.66. The first-order valence-corrected chi connectivity index (χ1v) is 9.88. The lowest BCUT2D eigenvalue weighted by molar-refractivity contribution is -0.133. The summed E-state index contributed by atoms with van der Waals surface area (Å²) < 4.78 is 0. The average molecular weight is 383 g/mol. The molecule has 1 fully saturated rings. The van der Waals surface area contributed by atoms with Gasteiger partial charge in [0.2, 0.25) is 5.91 Å². The number of hydrogen-bond donors (Lipinski definition) is 2. The van der Waals surface area contributed by atoms with Gasteiger partial charge in [0.05, 0.1) is 5.69 Å². The molecule has 1 heterocycles. The van der Waals surface area contributed by atoms with Gasteiger partial charge in [0.15, 0.2) is 0 Å². The van der Waals surface area contributed by atoms with Gasteiger partial charge < -0.3 is 15.5 Å². The first-order chi connectivity index (χ1) is 13.0. The molecule has 140 valence electrons. The van der Waals surface area contributed by atoms with Gasteiger partial charge in [0.25, 0.3) is 0 Å². The van der Waals surface area contributed by atoms with E-state index in [0.717, 1.165) is 22.6 Å². The van der Waals surface area contributed by atoms with E-state index in [0.29, 0.717) is 24.3 Å². The normalized spacial score (nSPS) is 13.6. The van der Waals surface area contributed by atoms with Crippen molar-refractivity contribution in [2.75, 3.05) is 28.3 Å². The quantitative estimate of drug-likeness (QED) is 0.626. The summed E-state index contributed by atoms with van der Waals surface area (Å²) in [4.78, 5) is 39.0. The molecule has 0 unspecified atom stereocenters. The number of amides is 3. The zero-order valence-electron chi connectivity index (χ0n) is 15.2. The van der Waals surface area contributed by atoms with E-state index in [1.807, 2.05) is 25.3 Å². The zero-order chi connectivity index (χ0) is 19.4. The predicted molar refractivity (Wildman–Crippen MR) is 108 cm³/mol. The number of para-hydroxylation sites is 1. The minimum atomic E-state index is -0.740. The molecule has 27 heavy (non-hydrogen) atoms. The maximum Gasteiger partial charge on any atom is 0.314 e. The Morgan fingerprint density at radius 2 is 1.81 bits per heavy atom. The highest BCUT2D eigenvalue weighted by molar-refractivity contribution is 7.98. The Kier molecular flexibility index (Phi) is 5.81. The van der Waals surface area contributed by atoms with Crippen molar-refractivity contribution in [1.82, 2.24) is 0 Å². The molecule has 2 aromatic carbocycles. The van der Waals surface area contributed by atoms with Crippen molar-refractivity contribution in [2.24, 2.45) is 0 Å². The Labute approximate surface area is 162 Å². The second-order valence-electron chi connectivity index (χ2n) is 6.26. The number of aryl methyl sites for hydroxylation is 1. The second kappa shape index (κ2) is 8.26. The predicted octanol–water partition coefficient (Wildman–Crippen LogP) is 3.42. The average Bonchev–Trinajstić information content (AvgIpc) is 3.08. The molecule has 6 nitrogen and oxygen atoms in total. The molecule has 0 atom stereocenters. The summed E-state index contributed by atoms with van der Waals surface area (Å²) in [5.74, 6) is -1.36. The van der Waals surface area contributed by atoms with E-state index in [-0.39, 0.29) is 5.91 Å². The summed E-state index contributed by atoms with van der Waals surface area (Å²) >= 11 is 1.49. The van der Waals surface area contributed by atoms with Crippen molar-refractivity contribution in [3.05, 3.63) is 48.0 Å².